The Morgan fingerprint density at radius 3 is 2.40 bits per heavy atom. The molecular weight excluding hydrogens is 577 g/mol. The van der Waals surface area contributed by atoms with Crippen LogP contribution in [0.25, 0.3) is 22.8 Å². The molecule has 5 rings (SSSR count). The van der Waals surface area contributed by atoms with Crippen LogP contribution in [0.15, 0.2) is 89.5 Å². The Kier molecular flexibility index (Phi) is 8.23. The molecule has 0 bridgehead atoms. The van der Waals surface area contributed by atoms with E-state index in [2.05, 4.69) is 38.1 Å². The van der Waals surface area contributed by atoms with Crippen molar-refractivity contribution in [2.75, 3.05) is 0 Å². The summed E-state index contributed by atoms with van der Waals surface area (Å²) in [5.74, 6) is 0.116. The molecule has 0 atom stereocenters. The number of halogens is 3. The van der Waals surface area contributed by atoms with Crippen LogP contribution in [0.3, 0.4) is 0 Å². The average Bonchev–Trinajstić information content (AvgIpc) is 3.59. The zero-order valence-corrected chi connectivity index (χ0v) is 24.7. The number of amides is 2. The second kappa shape index (κ2) is 11.9. The lowest BCUT2D eigenvalue weighted by Gasteiger charge is -2.25. The fourth-order valence-electron chi connectivity index (χ4n) is 4.60. The van der Waals surface area contributed by atoms with E-state index in [4.69, 9.17) is 0 Å². The molecular formula is C31H29F3N6O2S. The molecule has 43 heavy (non-hydrogen) atoms. The van der Waals surface area contributed by atoms with E-state index in [1.54, 1.807) is 0 Å². The maximum Gasteiger partial charge on any atom is 0.573 e. The SMILES string of the molecule is CCc1ccccc1-n1c(C)cs/c1=N\C(=O)NC(C)(C)c1ccc(-c2ncn(-c3ccc(OC(F)(F)F)cc3)n2)cc1. The van der Waals surface area contributed by atoms with E-state index in [0.717, 1.165) is 28.9 Å². The molecule has 2 heterocycles. The molecule has 0 saturated carbocycles. The van der Waals surface area contributed by atoms with Crippen molar-refractivity contribution in [2.45, 2.75) is 46.0 Å². The highest BCUT2D eigenvalue weighted by molar-refractivity contribution is 7.07. The number of nitrogens with zero attached hydrogens (tertiary/aromatic N) is 5. The number of nitrogens with one attached hydrogen (secondary N) is 1. The Balaban J connectivity index is 1.30. The van der Waals surface area contributed by atoms with E-state index in [-0.39, 0.29) is 5.75 Å². The van der Waals surface area contributed by atoms with Crippen molar-refractivity contribution in [3.63, 3.8) is 0 Å². The molecule has 2 aromatic heterocycles. The number of alkyl halides is 3. The minimum atomic E-state index is -4.76. The maximum absolute atomic E-state index is 13.1. The van der Waals surface area contributed by atoms with Crippen molar-refractivity contribution in [2.24, 2.45) is 4.99 Å². The van der Waals surface area contributed by atoms with Crippen molar-refractivity contribution in [3.05, 3.63) is 106 Å². The van der Waals surface area contributed by atoms with E-state index in [1.807, 2.05) is 73.2 Å². The predicted octanol–water partition coefficient (Wildman–Crippen LogP) is 7.10. The third-order valence-corrected chi connectivity index (χ3v) is 7.74. The van der Waals surface area contributed by atoms with Gasteiger partial charge in [0.15, 0.2) is 10.6 Å². The Morgan fingerprint density at radius 1 is 1.02 bits per heavy atom. The average molecular weight is 607 g/mol. The molecule has 0 aliphatic heterocycles. The van der Waals surface area contributed by atoms with Crippen molar-refractivity contribution < 1.29 is 22.7 Å². The first-order chi connectivity index (χ1) is 20.4. The molecule has 1 N–H and O–H groups in total. The number of aryl methyl sites for hydroxylation is 2. The van der Waals surface area contributed by atoms with Crippen LogP contribution in [0.2, 0.25) is 0 Å². The monoisotopic (exact) mass is 606 g/mol. The van der Waals surface area contributed by atoms with Crippen LogP contribution in [-0.4, -0.2) is 31.7 Å². The lowest BCUT2D eigenvalue weighted by Crippen LogP contribution is -2.40. The van der Waals surface area contributed by atoms with Gasteiger partial charge in [-0.15, -0.1) is 29.6 Å². The molecule has 0 aliphatic carbocycles. The van der Waals surface area contributed by atoms with Crippen molar-refractivity contribution in [1.29, 1.82) is 0 Å². The van der Waals surface area contributed by atoms with Crippen LogP contribution >= 0.6 is 11.3 Å². The minimum absolute atomic E-state index is 0.318. The van der Waals surface area contributed by atoms with Gasteiger partial charge >= 0.3 is 12.4 Å². The van der Waals surface area contributed by atoms with Crippen LogP contribution in [0.1, 0.15) is 37.6 Å². The summed E-state index contributed by atoms with van der Waals surface area (Å²) >= 11 is 1.41. The summed E-state index contributed by atoms with van der Waals surface area (Å²) in [7, 11) is 0. The fourth-order valence-corrected chi connectivity index (χ4v) is 5.47. The smallest absolute Gasteiger partial charge is 0.406 e. The summed E-state index contributed by atoms with van der Waals surface area (Å²) in [5.41, 5.74) is 4.55. The molecule has 12 heteroatoms. The van der Waals surface area contributed by atoms with Crippen LogP contribution in [0, 0.1) is 6.92 Å². The molecule has 2 amide bonds. The Bertz CT molecular complexity index is 1800. The van der Waals surface area contributed by atoms with Gasteiger partial charge in [0.1, 0.15) is 12.1 Å². The standard InChI is InChI=1S/C31H29F3N6O2S/c1-5-21-8-6-7-9-26(21)40-20(2)18-43-29(40)36-28(41)37-30(3,4)23-12-10-22(11-13-23)27-35-19-39(38-27)24-14-16-25(17-15-24)42-31(32,33)34/h6-19H,5H2,1-4H3,(H,37,41)/b36-29-. The lowest BCUT2D eigenvalue weighted by molar-refractivity contribution is -0.274. The van der Waals surface area contributed by atoms with Crippen LogP contribution in [-0.2, 0) is 12.0 Å². The second-order valence-electron chi connectivity index (χ2n) is 10.3. The Morgan fingerprint density at radius 2 is 1.72 bits per heavy atom. The first kappa shape index (κ1) is 29.8. The zero-order valence-electron chi connectivity index (χ0n) is 23.9. The highest BCUT2D eigenvalue weighted by atomic mass is 32.1. The van der Waals surface area contributed by atoms with Gasteiger partial charge in [0.05, 0.1) is 16.9 Å². The Labute approximate surface area is 250 Å². The number of thiazole rings is 1. The summed E-state index contributed by atoms with van der Waals surface area (Å²) in [6.07, 6.45) is -2.42. The van der Waals surface area contributed by atoms with Crippen molar-refractivity contribution in [3.8, 4) is 28.5 Å². The zero-order chi connectivity index (χ0) is 30.8. The molecule has 5 aromatic rings. The molecule has 0 aliphatic rings. The number of carbonyl (C=O) groups excluding carboxylic acids is 1. The van der Waals surface area contributed by atoms with E-state index in [0.29, 0.717) is 16.3 Å². The molecule has 0 saturated heterocycles. The normalized spacial score (nSPS) is 12.4. The van der Waals surface area contributed by atoms with Gasteiger partial charge in [-0.3, -0.25) is 4.57 Å². The third-order valence-electron chi connectivity index (χ3n) is 6.80. The molecule has 0 radical (unpaired) electrons. The summed E-state index contributed by atoms with van der Waals surface area (Å²) in [6.45, 7) is 7.88. The molecule has 0 unspecified atom stereocenters. The number of carbonyl (C=O) groups is 1. The molecule has 222 valence electrons. The third kappa shape index (κ3) is 6.86. The minimum Gasteiger partial charge on any atom is -0.406 e. The number of urea groups is 1. The molecule has 3 aromatic carbocycles. The van der Waals surface area contributed by atoms with Gasteiger partial charge < -0.3 is 10.1 Å². The van der Waals surface area contributed by atoms with E-state index in [9.17, 15) is 18.0 Å². The molecule has 0 fully saturated rings. The van der Waals surface area contributed by atoms with E-state index < -0.39 is 17.9 Å². The number of benzene rings is 3. The van der Waals surface area contributed by atoms with Crippen LogP contribution < -0.4 is 14.9 Å². The van der Waals surface area contributed by atoms with Gasteiger partial charge in [0, 0.05) is 16.6 Å². The predicted molar refractivity (Wildman–Crippen MR) is 158 cm³/mol. The van der Waals surface area contributed by atoms with Gasteiger partial charge in [-0.25, -0.2) is 14.5 Å². The number of para-hydroxylation sites is 1. The van der Waals surface area contributed by atoms with Crippen molar-refractivity contribution >= 4 is 17.4 Å². The van der Waals surface area contributed by atoms with Gasteiger partial charge in [-0.05, 0) is 68.7 Å². The Hall–Kier alpha value is -4.71. The number of rotatable bonds is 7. The highest BCUT2D eigenvalue weighted by Gasteiger charge is 2.31. The van der Waals surface area contributed by atoms with Crippen LogP contribution in [0.4, 0.5) is 18.0 Å². The summed E-state index contributed by atoms with van der Waals surface area (Å²) in [6, 6.07) is 20.4. The van der Waals surface area contributed by atoms with E-state index >= 15 is 0 Å². The van der Waals surface area contributed by atoms with Gasteiger partial charge in [0.2, 0.25) is 0 Å². The topological polar surface area (TPSA) is 86.3 Å². The molecule has 0 spiro atoms. The van der Waals surface area contributed by atoms with Crippen LogP contribution in [0.5, 0.6) is 5.75 Å². The first-order valence-corrected chi connectivity index (χ1v) is 14.3. The van der Waals surface area contributed by atoms with Gasteiger partial charge in [-0.2, -0.15) is 4.99 Å². The summed E-state index contributed by atoms with van der Waals surface area (Å²) in [5, 5.41) is 9.44. The second-order valence-corrected chi connectivity index (χ2v) is 11.1. The summed E-state index contributed by atoms with van der Waals surface area (Å²) < 4.78 is 44.7. The summed E-state index contributed by atoms with van der Waals surface area (Å²) in [4.78, 5) is 22.4. The van der Waals surface area contributed by atoms with Crippen molar-refractivity contribution in [1.82, 2.24) is 24.6 Å². The number of hydrogen-bond donors (Lipinski definition) is 1. The van der Waals surface area contributed by atoms with E-state index in [1.165, 1.54) is 52.2 Å². The maximum atomic E-state index is 13.1. The quantitative estimate of drug-likeness (QED) is 0.214. The largest absolute Gasteiger partial charge is 0.573 e. The first-order valence-electron chi connectivity index (χ1n) is 13.4. The lowest BCUT2D eigenvalue weighted by atomic mass is 9.93. The highest BCUT2D eigenvalue weighted by Crippen LogP contribution is 2.26. The van der Waals surface area contributed by atoms with Gasteiger partial charge in [-0.1, -0.05) is 49.4 Å². The molecule has 8 nitrogen and oxygen atoms in total. The number of aromatic nitrogens is 4. The number of hydrogen-bond acceptors (Lipinski definition) is 5. The fraction of sp³-hybridized carbons (Fsp3) is 0.226. The number of ether oxygens (including phenoxy) is 1. The van der Waals surface area contributed by atoms with Gasteiger partial charge in [0.25, 0.3) is 0 Å².